The molecule has 1 aromatic carbocycles. The lowest BCUT2D eigenvalue weighted by molar-refractivity contribution is 0.314. The van der Waals surface area contributed by atoms with E-state index in [4.69, 9.17) is 45.9 Å². The van der Waals surface area contributed by atoms with E-state index >= 15 is 0 Å². The van der Waals surface area contributed by atoms with Gasteiger partial charge in [0.25, 0.3) is 0 Å². The molecule has 1 aromatic rings. The number of ether oxygens (including phenoxy) is 1. The molecule has 0 amide bonds. The Morgan fingerprint density at radius 3 is 2.47 bits per heavy atom. The van der Waals surface area contributed by atoms with Crippen LogP contribution in [0.5, 0.6) is 5.75 Å². The molecule has 15 heavy (non-hydrogen) atoms. The van der Waals surface area contributed by atoms with Crippen LogP contribution < -0.4 is 10.5 Å². The van der Waals surface area contributed by atoms with E-state index in [1.54, 1.807) is 18.2 Å². The first kappa shape index (κ1) is 12.6. The Labute approximate surface area is 104 Å². The van der Waals surface area contributed by atoms with Crippen LogP contribution in [0.4, 0.5) is 0 Å². The molecular weight excluding hydrogens is 253 g/mol. The molecule has 2 N–H and O–H groups in total. The van der Waals surface area contributed by atoms with Gasteiger partial charge in [-0.25, -0.2) is 0 Å². The zero-order valence-corrected chi connectivity index (χ0v) is 10.3. The lowest BCUT2D eigenvalue weighted by atomic mass is 10.3. The van der Waals surface area contributed by atoms with E-state index in [2.05, 4.69) is 0 Å². The van der Waals surface area contributed by atoms with Crippen molar-refractivity contribution in [1.82, 2.24) is 0 Å². The van der Waals surface area contributed by atoms with E-state index in [0.717, 1.165) is 6.42 Å². The zero-order chi connectivity index (χ0) is 11.3. The number of hydrogen-bond acceptors (Lipinski definition) is 2. The molecule has 2 nitrogen and oxygen atoms in total. The summed E-state index contributed by atoms with van der Waals surface area (Å²) in [6.45, 7) is 0.501. The van der Waals surface area contributed by atoms with Crippen molar-refractivity contribution in [2.75, 3.05) is 6.61 Å². The van der Waals surface area contributed by atoms with Crippen molar-refractivity contribution in [2.24, 2.45) is 5.73 Å². The summed E-state index contributed by atoms with van der Waals surface area (Å²) in [5.41, 5.74) is 5.36. The standard InChI is InChI=1S/C10H11Cl2NOS/c11-7-3-1-4-8(12)10(7)14-6-2-5-9(13)15/h1,3-4H,2,5-6H2,(H2,13,15). The van der Waals surface area contributed by atoms with Crippen LogP contribution in [0.3, 0.4) is 0 Å². The van der Waals surface area contributed by atoms with Crippen LogP contribution in [0.2, 0.25) is 10.0 Å². The Kier molecular flexibility index (Phi) is 5.15. The summed E-state index contributed by atoms with van der Waals surface area (Å²) in [5, 5.41) is 1.02. The highest BCUT2D eigenvalue weighted by Crippen LogP contribution is 2.32. The molecule has 0 heterocycles. The van der Waals surface area contributed by atoms with Crippen LogP contribution in [-0.4, -0.2) is 11.6 Å². The number of nitrogens with two attached hydrogens (primary N) is 1. The molecule has 0 radical (unpaired) electrons. The topological polar surface area (TPSA) is 35.2 Å². The first-order valence-electron chi connectivity index (χ1n) is 4.46. The van der Waals surface area contributed by atoms with Gasteiger partial charge in [0.1, 0.15) is 0 Å². The van der Waals surface area contributed by atoms with Gasteiger partial charge in [-0.1, -0.05) is 41.5 Å². The van der Waals surface area contributed by atoms with Gasteiger partial charge in [0.2, 0.25) is 0 Å². The minimum Gasteiger partial charge on any atom is -0.490 e. The largest absolute Gasteiger partial charge is 0.490 e. The second kappa shape index (κ2) is 6.16. The zero-order valence-electron chi connectivity index (χ0n) is 8.00. The highest BCUT2D eigenvalue weighted by atomic mass is 35.5. The van der Waals surface area contributed by atoms with Crippen LogP contribution in [0, 0.1) is 0 Å². The highest BCUT2D eigenvalue weighted by molar-refractivity contribution is 7.80. The fraction of sp³-hybridized carbons (Fsp3) is 0.300. The van der Waals surface area contributed by atoms with E-state index in [-0.39, 0.29) is 0 Å². The van der Waals surface area contributed by atoms with Crippen LogP contribution in [0.25, 0.3) is 0 Å². The SMILES string of the molecule is NC(=S)CCCOc1c(Cl)cccc1Cl. The average molecular weight is 264 g/mol. The predicted molar refractivity (Wildman–Crippen MR) is 68.0 cm³/mol. The van der Waals surface area contributed by atoms with Crippen molar-refractivity contribution in [2.45, 2.75) is 12.8 Å². The summed E-state index contributed by atoms with van der Waals surface area (Å²) in [7, 11) is 0. The molecule has 0 bridgehead atoms. The smallest absolute Gasteiger partial charge is 0.156 e. The lowest BCUT2D eigenvalue weighted by Crippen LogP contribution is -2.09. The maximum Gasteiger partial charge on any atom is 0.156 e. The summed E-state index contributed by atoms with van der Waals surface area (Å²) < 4.78 is 5.44. The Balaban J connectivity index is 2.47. The number of hydrogen-bond donors (Lipinski definition) is 1. The third kappa shape index (κ3) is 4.24. The van der Waals surface area contributed by atoms with Gasteiger partial charge < -0.3 is 10.5 Å². The predicted octanol–water partition coefficient (Wildman–Crippen LogP) is 3.44. The van der Waals surface area contributed by atoms with Gasteiger partial charge in [-0.05, 0) is 18.6 Å². The molecule has 0 aliphatic rings. The summed E-state index contributed by atoms with van der Waals surface area (Å²) >= 11 is 16.6. The molecule has 5 heteroatoms. The fourth-order valence-electron chi connectivity index (χ4n) is 1.04. The van der Waals surface area contributed by atoms with Crippen LogP contribution in [0.15, 0.2) is 18.2 Å². The summed E-state index contributed by atoms with van der Waals surface area (Å²) in [5.74, 6) is 0.517. The van der Waals surface area contributed by atoms with Gasteiger partial charge in [0.15, 0.2) is 5.75 Å². The van der Waals surface area contributed by atoms with Crippen molar-refractivity contribution in [3.63, 3.8) is 0 Å². The molecule has 0 fully saturated rings. The van der Waals surface area contributed by atoms with Crippen molar-refractivity contribution in [3.8, 4) is 5.75 Å². The molecule has 0 spiro atoms. The third-order valence-electron chi connectivity index (χ3n) is 1.73. The Morgan fingerprint density at radius 1 is 1.33 bits per heavy atom. The van der Waals surface area contributed by atoms with Gasteiger partial charge in [-0.2, -0.15) is 0 Å². The molecule has 0 atom stereocenters. The van der Waals surface area contributed by atoms with Gasteiger partial charge in [0, 0.05) is 6.42 Å². The molecule has 0 saturated heterocycles. The average Bonchev–Trinajstić information content (AvgIpc) is 2.15. The molecule has 82 valence electrons. The minimum atomic E-state index is 0.490. The molecule has 0 aromatic heterocycles. The van der Waals surface area contributed by atoms with Crippen molar-refractivity contribution in [1.29, 1.82) is 0 Å². The number of para-hydroxylation sites is 1. The Hall–Kier alpha value is -0.510. The van der Waals surface area contributed by atoms with Gasteiger partial charge >= 0.3 is 0 Å². The van der Waals surface area contributed by atoms with Crippen molar-refractivity contribution < 1.29 is 4.74 Å². The normalized spacial score (nSPS) is 10.0. The summed E-state index contributed by atoms with van der Waals surface area (Å²) in [4.78, 5) is 0.490. The first-order valence-corrected chi connectivity index (χ1v) is 5.63. The van der Waals surface area contributed by atoms with E-state index in [9.17, 15) is 0 Å². The van der Waals surface area contributed by atoms with Crippen molar-refractivity contribution >= 4 is 40.4 Å². The Bertz CT molecular complexity index is 337. The molecular formula is C10H11Cl2NOS. The van der Waals surface area contributed by atoms with Gasteiger partial charge in [-0.15, -0.1) is 0 Å². The second-order valence-corrected chi connectivity index (χ2v) is 4.31. The molecule has 0 unspecified atom stereocenters. The number of rotatable bonds is 5. The Morgan fingerprint density at radius 2 is 1.93 bits per heavy atom. The second-order valence-electron chi connectivity index (χ2n) is 2.97. The first-order chi connectivity index (χ1) is 7.11. The van der Waals surface area contributed by atoms with Crippen LogP contribution in [0.1, 0.15) is 12.8 Å². The molecule has 0 aliphatic carbocycles. The van der Waals surface area contributed by atoms with E-state index in [1.165, 1.54) is 0 Å². The van der Waals surface area contributed by atoms with Crippen molar-refractivity contribution in [3.05, 3.63) is 28.2 Å². The lowest BCUT2D eigenvalue weighted by Gasteiger charge is -2.08. The maximum absolute atomic E-state index is 5.91. The maximum atomic E-state index is 5.91. The van der Waals surface area contributed by atoms with Crippen LogP contribution in [-0.2, 0) is 0 Å². The minimum absolute atomic E-state index is 0.490. The molecule has 1 rings (SSSR count). The number of halogens is 2. The van der Waals surface area contributed by atoms with E-state index in [1.807, 2.05) is 0 Å². The fourth-order valence-corrected chi connectivity index (χ4v) is 1.69. The monoisotopic (exact) mass is 263 g/mol. The number of thiocarbonyl (C=S) groups is 1. The molecule has 0 saturated carbocycles. The van der Waals surface area contributed by atoms with E-state index in [0.29, 0.717) is 33.8 Å². The highest BCUT2D eigenvalue weighted by Gasteiger charge is 2.05. The summed E-state index contributed by atoms with van der Waals surface area (Å²) in [6.07, 6.45) is 1.42. The van der Waals surface area contributed by atoms with Gasteiger partial charge in [-0.3, -0.25) is 0 Å². The quantitative estimate of drug-likeness (QED) is 0.653. The molecule has 0 aliphatic heterocycles. The summed E-state index contributed by atoms with van der Waals surface area (Å²) in [6, 6.07) is 5.24. The van der Waals surface area contributed by atoms with E-state index < -0.39 is 0 Å². The number of benzene rings is 1. The third-order valence-corrected chi connectivity index (χ3v) is 2.53. The van der Waals surface area contributed by atoms with Gasteiger partial charge in [0.05, 0.1) is 21.6 Å². The van der Waals surface area contributed by atoms with Crippen LogP contribution >= 0.6 is 35.4 Å².